The van der Waals surface area contributed by atoms with E-state index in [0.29, 0.717) is 23.4 Å². The quantitative estimate of drug-likeness (QED) is 0.769. The van der Waals surface area contributed by atoms with Gasteiger partial charge in [0.15, 0.2) is 0 Å². The van der Waals surface area contributed by atoms with Crippen molar-refractivity contribution in [1.29, 1.82) is 0 Å². The Balaban J connectivity index is 2.06. The summed E-state index contributed by atoms with van der Waals surface area (Å²) >= 11 is 1.11. The van der Waals surface area contributed by atoms with Crippen molar-refractivity contribution in [2.45, 2.75) is 12.5 Å². The highest BCUT2D eigenvalue weighted by atomic mass is 32.1. The van der Waals surface area contributed by atoms with Crippen molar-refractivity contribution in [3.63, 3.8) is 0 Å². The van der Waals surface area contributed by atoms with E-state index in [0.717, 1.165) is 17.8 Å². The van der Waals surface area contributed by atoms with Gasteiger partial charge in [0.2, 0.25) is 10.1 Å². The molecule has 1 aromatic heterocycles. The minimum Gasteiger partial charge on any atom is -0.379 e. The number of carbonyl (C=O) groups excluding carboxylic acids is 1. The number of nitrogen functional groups attached to an aromatic ring is 1. The lowest BCUT2D eigenvalue weighted by molar-refractivity contribution is 0.0710. The molecule has 6 nitrogen and oxygen atoms in total. The van der Waals surface area contributed by atoms with Gasteiger partial charge in [-0.25, -0.2) is 0 Å². The molecule has 1 amide bonds. The summed E-state index contributed by atoms with van der Waals surface area (Å²) in [6.45, 7) is 1.30. The van der Waals surface area contributed by atoms with Gasteiger partial charge in [0.25, 0.3) is 5.91 Å². The molecule has 1 saturated heterocycles. The molecule has 1 fully saturated rings. The van der Waals surface area contributed by atoms with Crippen LogP contribution in [-0.4, -0.2) is 47.3 Å². The Morgan fingerprint density at radius 1 is 1.67 bits per heavy atom. The van der Waals surface area contributed by atoms with E-state index in [1.54, 1.807) is 11.9 Å². The molecule has 0 aromatic carbocycles. The SMILES string of the molecule is CN(C(=O)c1nnc(N)s1)C1CCOC1. The van der Waals surface area contributed by atoms with Crippen LogP contribution in [0, 0.1) is 0 Å². The maximum absolute atomic E-state index is 11.9. The van der Waals surface area contributed by atoms with E-state index in [1.807, 2.05) is 0 Å². The molecule has 1 aliphatic rings. The van der Waals surface area contributed by atoms with Crippen molar-refractivity contribution < 1.29 is 9.53 Å². The number of carbonyl (C=O) groups is 1. The molecule has 0 spiro atoms. The Bertz CT molecular complexity index is 361. The summed E-state index contributed by atoms with van der Waals surface area (Å²) in [6.07, 6.45) is 0.872. The highest BCUT2D eigenvalue weighted by Gasteiger charge is 2.26. The first-order chi connectivity index (χ1) is 7.18. The van der Waals surface area contributed by atoms with Crippen LogP contribution < -0.4 is 5.73 Å². The fraction of sp³-hybridized carbons (Fsp3) is 0.625. The summed E-state index contributed by atoms with van der Waals surface area (Å²) in [6, 6.07) is 0.141. The number of nitrogens with two attached hydrogens (primary N) is 1. The number of amides is 1. The van der Waals surface area contributed by atoms with Gasteiger partial charge < -0.3 is 15.4 Å². The first-order valence-electron chi connectivity index (χ1n) is 4.62. The lowest BCUT2D eigenvalue weighted by Gasteiger charge is -2.21. The van der Waals surface area contributed by atoms with Crippen LogP contribution >= 0.6 is 11.3 Å². The van der Waals surface area contributed by atoms with Crippen LogP contribution in [0.3, 0.4) is 0 Å². The number of anilines is 1. The topological polar surface area (TPSA) is 81.3 Å². The second kappa shape index (κ2) is 4.11. The first-order valence-corrected chi connectivity index (χ1v) is 5.44. The number of hydrogen-bond acceptors (Lipinski definition) is 6. The molecule has 7 heteroatoms. The van der Waals surface area contributed by atoms with Crippen LogP contribution in [0.2, 0.25) is 0 Å². The number of nitrogens with zero attached hydrogens (tertiary/aromatic N) is 3. The van der Waals surface area contributed by atoms with Crippen LogP contribution in [0.25, 0.3) is 0 Å². The molecule has 1 aliphatic heterocycles. The van der Waals surface area contributed by atoms with Crippen molar-refractivity contribution >= 4 is 22.4 Å². The molecule has 2 rings (SSSR count). The van der Waals surface area contributed by atoms with E-state index in [2.05, 4.69) is 10.2 Å². The highest BCUT2D eigenvalue weighted by Crippen LogP contribution is 2.17. The fourth-order valence-corrected chi connectivity index (χ4v) is 2.06. The minimum absolute atomic E-state index is 0.139. The molecule has 0 saturated carbocycles. The van der Waals surface area contributed by atoms with E-state index in [1.165, 1.54) is 0 Å². The molecule has 0 bridgehead atoms. The Morgan fingerprint density at radius 2 is 2.47 bits per heavy atom. The lowest BCUT2D eigenvalue weighted by atomic mass is 10.2. The predicted octanol–water partition coefficient (Wildman–Crippen LogP) is -0.0188. The predicted molar refractivity (Wildman–Crippen MR) is 55.6 cm³/mol. The zero-order chi connectivity index (χ0) is 10.8. The Labute approximate surface area is 91.0 Å². The van der Waals surface area contributed by atoms with Crippen LogP contribution in [0.4, 0.5) is 5.13 Å². The van der Waals surface area contributed by atoms with Crippen LogP contribution in [0.1, 0.15) is 16.2 Å². The maximum Gasteiger partial charge on any atom is 0.284 e. The third-order valence-corrected chi connectivity index (χ3v) is 3.14. The van der Waals surface area contributed by atoms with Gasteiger partial charge in [0.1, 0.15) is 0 Å². The van der Waals surface area contributed by atoms with Gasteiger partial charge in [0, 0.05) is 13.7 Å². The van der Waals surface area contributed by atoms with Gasteiger partial charge >= 0.3 is 0 Å². The van der Waals surface area contributed by atoms with Crippen molar-refractivity contribution in [2.75, 3.05) is 26.0 Å². The van der Waals surface area contributed by atoms with Crippen molar-refractivity contribution in [1.82, 2.24) is 15.1 Å². The molecule has 2 N–H and O–H groups in total. The Morgan fingerprint density at radius 3 is 3.00 bits per heavy atom. The van der Waals surface area contributed by atoms with Crippen LogP contribution in [0.15, 0.2) is 0 Å². The number of aromatic nitrogens is 2. The Kier molecular flexibility index (Phi) is 2.83. The molecular weight excluding hydrogens is 216 g/mol. The molecular formula is C8H12N4O2S. The van der Waals surface area contributed by atoms with Gasteiger partial charge in [-0.3, -0.25) is 4.79 Å². The summed E-state index contributed by atoms with van der Waals surface area (Å²) in [5.74, 6) is -0.139. The summed E-state index contributed by atoms with van der Waals surface area (Å²) in [5, 5.41) is 7.98. The summed E-state index contributed by atoms with van der Waals surface area (Å²) < 4.78 is 5.22. The van der Waals surface area contributed by atoms with Crippen LogP contribution in [-0.2, 0) is 4.74 Å². The van der Waals surface area contributed by atoms with Crippen molar-refractivity contribution in [2.24, 2.45) is 0 Å². The van der Waals surface area contributed by atoms with E-state index in [-0.39, 0.29) is 11.9 Å². The largest absolute Gasteiger partial charge is 0.379 e. The highest BCUT2D eigenvalue weighted by molar-refractivity contribution is 7.16. The molecule has 0 aliphatic carbocycles. The number of rotatable bonds is 2. The standard InChI is InChI=1S/C8H12N4O2S/c1-12(5-2-3-14-4-5)7(13)6-10-11-8(9)15-6/h5H,2-4H2,1H3,(H2,9,11). The molecule has 82 valence electrons. The van der Waals surface area contributed by atoms with Crippen LogP contribution in [0.5, 0.6) is 0 Å². The van der Waals surface area contributed by atoms with E-state index < -0.39 is 0 Å². The molecule has 0 radical (unpaired) electrons. The van der Waals surface area contributed by atoms with Crippen molar-refractivity contribution in [3.8, 4) is 0 Å². The van der Waals surface area contributed by atoms with Gasteiger partial charge in [-0.05, 0) is 6.42 Å². The first kappa shape index (κ1) is 10.3. The smallest absolute Gasteiger partial charge is 0.284 e. The Hall–Kier alpha value is -1.21. The average molecular weight is 228 g/mol. The summed E-state index contributed by atoms with van der Waals surface area (Å²) in [4.78, 5) is 13.5. The normalized spacial score (nSPS) is 20.5. The molecule has 2 heterocycles. The monoisotopic (exact) mass is 228 g/mol. The van der Waals surface area contributed by atoms with E-state index in [9.17, 15) is 4.79 Å². The van der Waals surface area contributed by atoms with Gasteiger partial charge in [-0.2, -0.15) is 0 Å². The number of ether oxygens (including phenoxy) is 1. The molecule has 1 unspecified atom stereocenters. The van der Waals surface area contributed by atoms with Gasteiger partial charge in [-0.15, -0.1) is 10.2 Å². The van der Waals surface area contributed by atoms with Gasteiger partial charge in [-0.1, -0.05) is 11.3 Å². The third kappa shape index (κ3) is 2.07. The summed E-state index contributed by atoms with van der Waals surface area (Å²) in [5.41, 5.74) is 5.42. The second-order valence-electron chi connectivity index (χ2n) is 3.38. The van der Waals surface area contributed by atoms with E-state index in [4.69, 9.17) is 10.5 Å². The number of likely N-dealkylation sites (N-methyl/N-ethyl adjacent to an activating group) is 1. The average Bonchev–Trinajstić information content (AvgIpc) is 2.85. The third-order valence-electron chi connectivity index (χ3n) is 2.40. The summed E-state index contributed by atoms with van der Waals surface area (Å²) in [7, 11) is 1.75. The number of hydrogen-bond donors (Lipinski definition) is 1. The molecule has 1 atom stereocenters. The maximum atomic E-state index is 11.9. The molecule has 1 aromatic rings. The second-order valence-corrected chi connectivity index (χ2v) is 4.39. The zero-order valence-electron chi connectivity index (χ0n) is 8.34. The zero-order valence-corrected chi connectivity index (χ0v) is 9.16. The van der Waals surface area contributed by atoms with Gasteiger partial charge in [0.05, 0.1) is 12.6 Å². The fourth-order valence-electron chi connectivity index (χ4n) is 1.47. The minimum atomic E-state index is -0.139. The lowest BCUT2D eigenvalue weighted by Crippen LogP contribution is -2.37. The molecule has 15 heavy (non-hydrogen) atoms. The van der Waals surface area contributed by atoms with Crippen molar-refractivity contribution in [3.05, 3.63) is 5.01 Å². The van der Waals surface area contributed by atoms with E-state index >= 15 is 0 Å².